The van der Waals surface area contributed by atoms with Crippen molar-refractivity contribution in [1.82, 2.24) is 29.4 Å². The second-order valence-electron chi connectivity index (χ2n) is 4.39. The highest BCUT2D eigenvalue weighted by atomic mass is 32.2. The van der Waals surface area contributed by atoms with Gasteiger partial charge in [0, 0.05) is 0 Å². The normalized spacial score (nSPS) is 11.5. The SMILES string of the molecule is CSc1nnc2c3cnn(-c4ccc(F)cc4)c3ncn12. The molecule has 0 atom stereocenters. The maximum absolute atomic E-state index is 13.0. The zero-order valence-corrected chi connectivity index (χ0v) is 11.8. The van der Waals surface area contributed by atoms with Crippen LogP contribution < -0.4 is 0 Å². The van der Waals surface area contributed by atoms with Gasteiger partial charge in [-0.05, 0) is 30.5 Å². The molecular formula is C13H9FN6S. The lowest BCUT2D eigenvalue weighted by Crippen LogP contribution is -1.98. The Morgan fingerprint density at radius 1 is 1.10 bits per heavy atom. The lowest BCUT2D eigenvalue weighted by Gasteiger charge is -2.02. The van der Waals surface area contributed by atoms with Crippen molar-refractivity contribution >= 4 is 28.4 Å². The fourth-order valence-electron chi connectivity index (χ4n) is 2.21. The molecule has 21 heavy (non-hydrogen) atoms. The lowest BCUT2D eigenvalue weighted by molar-refractivity contribution is 0.627. The molecule has 3 aromatic heterocycles. The fourth-order valence-corrected chi connectivity index (χ4v) is 2.66. The molecule has 4 rings (SSSR count). The Hall–Kier alpha value is -2.48. The molecule has 0 unspecified atom stereocenters. The number of fused-ring (bicyclic) bond motifs is 3. The number of aromatic nitrogens is 6. The monoisotopic (exact) mass is 300 g/mol. The number of hydrogen-bond donors (Lipinski definition) is 0. The smallest absolute Gasteiger partial charge is 0.196 e. The van der Waals surface area contributed by atoms with Crippen LogP contribution in [-0.4, -0.2) is 35.6 Å². The summed E-state index contributed by atoms with van der Waals surface area (Å²) < 4.78 is 16.5. The van der Waals surface area contributed by atoms with Crippen molar-refractivity contribution in [3.8, 4) is 5.69 Å². The number of nitrogens with zero attached hydrogens (tertiary/aromatic N) is 6. The zero-order chi connectivity index (χ0) is 14.4. The van der Waals surface area contributed by atoms with E-state index >= 15 is 0 Å². The van der Waals surface area contributed by atoms with Crippen LogP contribution in [0.1, 0.15) is 0 Å². The van der Waals surface area contributed by atoms with E-state index in [1.807, 2.05) is 10.7 Å². The minimum atomic E-state index is -0.285. The standard InChI is InChI=1S/C13H9FN6S/c1-21-13-18-17-12-10-6-16-20(11(10)15-7-19(12)13)9-4-2-8(14)3-5-9/h2-7H,1H3. The highest BCUT2D eigenvalue weighted by Crippen LogP contribution is 2.22. The maximum Gasteiger partial charge on any atom is 0.196 e. The molecule has 0 saturated heterocycles. The van der Waals surface area contributed by atoms with Crippen molar-refractivity contribution in [2.45, 2.75) is 5.16 Å². The van der Waals surface area contributed by atoms with Crippen molar-refractivity contribution in [3.05, 3.63) is 42.6 Å². The van der Waals surface area contributed by atoms with Crippen molar-refractivity contribution in [2.75, 3.05) is 6.26 Å². The third-order valence-corrected chi connectivity index (χ3v) is 3.84. The highest BCUT2D eigenvalue weighted by molar-refractivity contribution is 7.98. The summed E-state index contributed by atoms with van der Waals surface area (Å²) in [5.41, 5.74) is 2.11. The molecule has 0 fully saturated rings. The summed E-state index contributed by atoms with van der Waals surface area (Å²) in [7, 11) is 0. The van der Waals surface area contributed by atoms with Gasteiger partial charge in [-0.15, -0.1) is 10.2 Å². The number of rotatable bonds is 2. The van der Waals surface area contributed by atoms with Gasteiger partial charge in [0.2, 0.25) is 0 Å². The maximum atomic E-state index is 13.0. The molecule has 0 aliphatic carbocycles. The predicted molar refractivity (Wildman–Crippen MR) is 77.1 cm³/mol. The van der Waals surface area contributed by atoms with Crippen molar-refractivity contribution < 1.29 is 4.39 Å². The number of benzene rings is 1. The van der Waals surface area contributed by atoms with Crippen molar-refractivity contribution in [2.24, 2.45) is 0 Å². The van der Waals surface area contributed by atoms with Crippen LogP contribution in [0.4, 0.5) is 4.39 Å². The van der Waals surface area contributed by atoms with E-state index < -0.39 is 0 Å². The Morgan fingerprint density at radius 2 is 1.90 bits per heavy atom. The molecule has 8 heteroatoms. The van der Waals surface area contributed by atoms with E-state index in [0.717, 1.165) is 16.2 Å². The first-order chi connectivity index (χ1) is 10.3. The summed E-state index contributed by atoms with van der Waals surface area (Å²) in [4.78, 5) is 4.43. The van der Waals surface area contributed by atoms with Crippen LogP contribution in [0.2, 0.25) is 0 Å². The van der Waals surface area contributed by atoms with Gasteiger partial charge in [0.15, 0.2) is 16.5 Å². The fraction of sp³-hybridized carbons (Fsp3) is 0.0769. The van der Waals surface area contributed by atoms with Crippen molar-refractivity contribution in [1.29, 1.82) is 0 Å². The first-order valence-electron chi connectivity index (χ1n) is 6.15. The van der Waals surface area contributed by atoms with E-state index in [4.69, 9.17) is 0 Å². The van der Waals surface area contributed by atoms with Crippen LogP contribution >= 0.6 is 11.8 Å². The Morgan fingerprint density at radius 3 is 2.67 bits per heavy atom. The number of thioether (sulfide) groups is 1. The van der Waals surface area contributed by atoms with Crippen LogP contribution in [0.3, 0.4) is 0 Å². The third kappa shape index (κ3) is 1.79. The Labute approximate surface area is 122 Å². The number of halogens is 1. The molecular weight excluding hydrogens is 291 g/mol. The van der Waals surface area contributed by atoms with Gasteiger partial charge in [0.25, 0.3) is 0 Å². The van der Waals surface area contributed by atoms with Crippen LogP contribution in [0, 0.1) is 5.82 Å². The minimum absolute atomic E-state index is 0.285. The van der Waals surface area contributed by atoms with Gasteiger partial charge in [0.1, 0.15) is 12.1 Å². The largest absolute Gasteiger partial charge is 0.260 e. The van der Waals surface area contributed by atoms with Gasteiger partial charge in [-0.25, -0.2) is 14.1 Å². The summed E-state index contributed by atoms with van der Waals surface area (Å²) in [6, 6.07) is 6.10. The molecule has 104 valence electrons. The molecule has 0 spiro atoms. The van der Waals surface area contributed by atoms with E-state index in [9.17, 15) is 4.39 Å². The average Bonchev–Trinajstić information content (AvgIpc) is 3.11. The molecule has 0 amide bonds. The Balaban J connectivity index is 1.98. The minimum Gasteiger partial charge on any atom is -0.260 e. The Bertz CT molecular complexity index is 943. The van der Waals surface area contributed by atoms with Crippen LogP contribution in [0.15, 0.2) is 41.9 Å². The first-order valence-corrected chi connectivity index (χ1v) is 7.38. The van der Waals surface area contributed by atoms with Crippen LogP contribution in [0.5, 0.6) is 0 Å². The summed E-state index contributed by atoms with van der Waals surface area (Å²) in [6.45, 7) is 0. The summed E-state index contributed by atoms with van der Waals surface area (Å²) in [5, 5.41) is 14.2. The molecule has 0 N–H and O–H groups in total. The quantitative estimate of drug-likeness (QED) is 0.532. The second kappa shape index (κ2) is 4.52. The van der Waals surface area contributed by atoms with E-state index in [-0.39, 0.29) is 5.82 Å². The first kappa shape index (κ1) is 12.3. The molecule has 0 aliphatic rings. The summed E-state index contributed by atoms with van der Waals surface area (Å²) in [6.07, 6.45) is 5.30. The van der Waals surface area contributed by atoms with Crippen LogP contribution in [0.25, 0.3) is 22.4 Å². The van der Waals surface area contributed by atoms with Gasteiger partial charge >= 0.3 is 0 Å². The molecule has 1 aromatic carbocycles. The van der Waals surface area contributed by atoms with Gasteiger partial charge in [-0.3, -0.25) is 4.40 Å². The summed E-state index contributed by atoms with van der Waals surface area (Å²) >= 11 is 1.50. The molecule has 0 radical (unpaired) electrons. The molecule has 0 bridgehead atoms. The van der Waals surface area contributed by atoms with Gasteiger partial charge in [0.05, 0.1) is 17.3 Å². The van der Waals surface area contributed by atoms with Gasteiger partial charge in [-0.1, -0.05) is 11.8 Å². The molecule has 0 saturated carbocycles. The summed E-state index contributed by atoms with van der Waals surface area (Å²) in [5.74, 6) is -0.285. The van der Waals surface area contributed by atoms with E-state index in [1.165, 1.54) is 23.9 Å². The number of hydrogen-bond acceptors (Lipinski definition) is 5. The highest BCUT2D eigenvalue weighted by Gasteiger charge is 2.13. The third-order valence-electron chi connectivity index (χ3n) is 3.20. The predicted octanol–water partition coefficient (Wildman–Crippen LogP) is 2.32. The zero-order valence-electron chi connectivity index (χ0n) is 10.9. The van der Waals surface area contributed by atoms with Gasteiger partial charge in [-0.2, -0.15) is 5.10 Å². The lowest BCUT2D eigenvalue weighted by atomic mass is 10.3. The average molecular weight is 300 g/mol. The van der Waals surface area contributed by atoms with Gasteiger partial charge < -0.3 is 0 Å². The van der Waals surface area contributed by atoms with E-state index in [2.05, 4.69) is 20.3 Å². The molecule has 0 aliphatic heterocycles. The molecule has 3 heterocycles. The molecule has 4 aromatic rings. The van der Waals surface area contributed by atoms with E-state index in [1.54, 1.807) is 29.3 Å². The Kier molecular flexibility index (Phi) is 2.64. The van der Waals surface area contributed by atoms with E-state index in [0.29, 0.717) is 11.3 Å². The topological polar surface area (TPSA) is 60.9 Å². The molecule has 6 nitrogen and oxygen atoms in total. The van der Waals surface area contributed by atoms with Crippen LogP contribution in [-0.2, 0) is 0 Å². The second-order valence-corrected chi connectivity index (χ2v) is 5.17. The van der Waals surface area contributed by atoms with Crippen molar-refractivity contribution in [3.63, 3.8) is 0 Å².